The summed E-state index contributed by atoms with van der Waals surface area (Å²) < 4.78 is 30.7. The van der Waals surface area contributed by atoms with Crippen molar-refractivity contribution in [2.75, 3.05) is 24.3 Å². The van der Waals surface area contributed by atoms with E-state index in [0.29, 0.717) is 19.4 Å². The molecule has 1 aromatic carbocycles. The number of nitrogens with zero attached hydrogens (tertiary/aromatic N) is 1. The normalized spacial score (nSPS) is 14.4. The van der Waals surface area contributed by atoms with Crippen LogP contribution in [-0.2, 0) is 37.3 Å². The molecule has 132 valence electrons. The van der Waals surface area contributed by atoms with Crippen LogP contribution in [0.3, 0.4) is 0 Å². The fraction of sp³-hybridized carbons (Fsp3) is 0.500. The van der Waals surface area contributed by atoms with Crippen LogP contribution in [0.4, 0.5) is 5.69 Å². The number of benzene rings is 1. The number of hydrogen-bond acceptors (Lipinski definition) is 5. The van der Waals surface area contributed by atoms with Gasteiger partial charge in [0.2, 0.25) is 15.9 Å². The zero-order valence-electron chi connectivity index (χ0n) is 13.9. The number of methoxy groups -OCH3 is 1. The molecular formula is C16H22N2O5S. The molecule has 0 spiro atoms. The molecule has 7 nitrogen and oxygen atoms in total. The molecule has 1 N–H and O–H groups in total. The topological polar surface area (TPSA) is 92.8 Å². The fourth-order valence-corrected chi connectivity index (χ4v) is 3.62. The summed E-state index contributed by atoms with van der Waals surface area (Å²) in [7, 11) is -2.32. The summed E-state index contributed by atoms with van der Waals surface area (Å²) in [4.78, 5) is 24.6. The second-order valence-corrected chi connectivity index (χ2v) is 7.49. The zero-order valence-corrected chi connectivity index (χ0v) is 14.7. The molecule has 0 saturated carbocycles. The van der Waals surface area contributed by atoms with Crippen LogP contribution >= 0.6 is 0 Å². The summed E-state index contributed by atoms with van der Waals surface area (Å²) in [6.07, 6.45) is 0.951. The first-order valence-corrected chi connectivity index (χ1v) is 9.48. The second kappa shape index (κ2) is 7.76. The van der Waals surface area contributed by atoms with Gasteiger partial charge < -0.3 is 9.64 Å². The number of carbonyl (C=O) groups excluding carboxylic acids is 2. The van der Waals surface area contributed by atoms with Gasteiger partial charge in [-0.3, -0.25) is 9.59 Å². The Bertz CT molecular complexity index is 730. The average molecular weight is 354 g/mol. The first kappa shape index (κ1) is 18.4. The molecule has 1 aliphatic heterocycles. The van der Waals surface area contributed by atoms with Gasteiger partial charge in [-0.2, -0.15) is 0 Å². The summed E-state index contributed by atoms with van der Waals surface area (Å²) in [5.74, 6) is -0.748. The molecule has 0 atom stereocenters. The predicted molar refractivity (Wildman–Crippen MR) is 90.0 cm³/mol. The molecule has 8 heteroatoms. The van der Waals surface area contributed by atoms with Gasteiger partial charge in [-0.05, 0) is 30.5 Å². The fourth-order valence-electron chi connectivity index (χ4n) is 2.66. The Labute approximate surface area is 142 Å². The largest absolute Gasteiger partial charge is 0.469 e. The molecule has 0 radical (unpaired) electrons. The van der Waals surface area contributed by atoms with E-state index in [2.05, 4.69) is 9.46 Å². The summed E-state index contributed by atoms with van der Waals surface area (Å²) in [6.45, 7) is 2.69. The Morgan fingerprint density at radius 2 is 2.08 bits per heavy atom. The van der Waals surface area contributed by atoms with E-state index in [0.717, 1.165) is 16.8 Å². The molecule has 24 heavy (non-hydrogen) atoms. The highest BCUT2D eigenvalue weighted by molar-refractivity contribution is 7.89. The minimum atomic E-state index is -3.55. The molecule has 0 fully saturated rings. The third kappa shape index (κ3) is 4.55. The van der Waals surface area contributed by atoms with Gasteiger partial charge in [0, 0.05) is 25.2 Å². The maximum Gasteiger partial charge on any atom is 0.306 e. The number of fused-ring (bicyclic) bond motifs is 1. The third-order valence-electron chi connectivity index (χ3n) is 3.96. The highest BCUT2D eigenvalue weighted by Gasteiger charge is 2.23. The van der Waals surface area contributed by atoms with Crippen molar-refractivity contribution in [1.82, 2.24) is 4.72 Å². The Balaban J connectivity index is 2.02. The minimum absolute atomic E-state index is 0.112. The monoisotopic (exact) mass is 354 g/mol. The summed E-state index contributed by atoms with van der Waals surface area (Å²) >= 11 is 0. The molecule has 0 bridgehead atoms. The van der Waals surface area contributed by atoms with Crippen molar-refractivity contribution in [3.05, 3.63) is 29.3 Å². The summed E-state index contributed by atoms with van der Waals surface area (Å²) in [6, 6.07) is 5.59. The van der Waals surface area contributed by atoms with Crippen LogP contribution in [0.5, 0.6) is 0 Å². The average Bonchev–Trinajstić information content (AvgIpc) is 2.58. The lowest BCUT2D eigenvalue weighted by Gasteiger charge is -2.28. The lowest BCUT2D eigenvalue weighted by atomic mass is 9.99. The van der Waals surface area contributed by atoms with Crippen LogP contribution < -0.4 is 9.62 Å². The molecule has 0 saturated heterocycles. The highest BCUT2D eigenvalue weighted by atomic mass is 32.2. The molecule has 1 aliphatic rings. The van der Waals surface area contributed by atoms with E-state index in [1.54, 1.807) is 4.90 Å². The zero-order chi connectivity index (χ0) is 17.7. The Morgan fingerprint density at radius 3 is 2.75 bits per heavy atom. The van der Waals surface area contributed by atoms with Crippen molar-refractivity contribution in [2.24, 2.45) is 0 Å². The number of sulfonamides is 1. The molecule has 1 amide bonds. The maximum absolute atomic E-state index is 11.9. The first-order chi connectivity index (χ1) is 11.4. The van der Waals surface area contributed by atoms with Gasteiger partial charge in [-0.25, -0.2) is 13.1 Å². The standard InChI is InChI=1S/C16H22N2O5S/c1-3-18-14-6-4-12(10-13(14)5-7-15(18)19)11-17-24(21,22)9-8-16(20)23-2/h4,6,10,17H,3,5,7-9,11H2,1-2H3. The van der Waals surface area contributed by atoms with Gasteiger partial charge in [0.1, 0.15) is 0 Å². The maximum atomic E-state index is 11.9. The SMILES string of the molecule is CCN1C(=O)CCc2cc(CNS(=O)(=O)CCC(=O)OC)ccc21. The van der Waals surface area contributed by atoms with Crippen LogP contribution in [0.1, 0.15) is 30.9 Å². The van der Waals surface area contributed by atoms with Gasteiger partial charge in [0.05, 0.1) is 19.3 Å². The number of nitrogens with one attached hydrogen (secondary N) is 1. The van der Waals surface area contributed by atoms with Crippen LogP contribution in [0.25, 0.3) is 0 Å². The summed E-state index contributed by atoms with van der Waals surface area (Å²) in [5, 5.41) is 0. The first-order valence-electron chi connectivity index (χ1n) is 7.82. The molecule has 2 rings (SSSR count). The van der Waals surface area contributed by atoms with E-state index in [4.69, 9.17) is 0 Å². The number of aryl methyl sites for hydroxylation is 1. The van der Waals surface area contributed by atoms with E-state index in [1.165, 1.54) is 7.11 Å². The second-order valence-electron chi connectivity index (χ2n) is 5.57. The molecule has 0 aromatic heterocycles. The van der Waals surface area contributed by atoms with Gasteiger partial charge in [0.25, 0.3) is 0 Å². The number of hydrogen-bond donors (Lipinski definition) is 1. The number of anilines is 1. The number of amides is 1. The summed E-state index contributed by atoms with van der Waals surface area (Å²) in [5.41, 5.74) is 2.76. The molecule has 0 aliphatic carbocycles. The van der Waals surface area contributed by atoms with E-state index < -0.39 is 16.0 Å². The van der Waals surface area contributed by atoms with Crippen molar-refractivity contribution in [3.8, 4) is 0 Å². The predicted octanol–water partition coefficient (Wildman–Crippen LogP) is 0.968. The Hall–Kier alpha value is -1.93. The quantitative estimate of drug-likeness (QED) is 0.737. The molecule has 1 heterocycles. The number of esters is 1. The van der Waals surface area contributed by atoms with E-state index in [9.17, 15) is 18.0 Å². The van der Waals surface area contributed by atoms with Crippen molar-refractivity contribution in [2.45, 2.75) is 32.7 Å². The molecule has 0 unspecified atom stereocenters. The third-order valence-corrected chi connectivity index (χ3v) is 5.28. The van der Waals surface area contributed by atoms with Crippen molar-refractivity contribution >= 4 is 27.6 Å². The molecule has 1 aromatic rings. The lowest BCUT2D eigenvalue weighted by Crippen LogP contribution is -2.35. The van der Waals surface area contributed by atoms with Gasteiger partial charge in [0.15, 0.2) is 0 Å². The number of carbonyl (C=O) groups is 2. The number of ether oxygens (including phenoxy) is 1. The Kier molecular flexibility index (Phi) is 5.95. The van der Waals surface area contributed by atoms with Crippen LogP contribution in [0, 0.1) is 0 Å². The van der Waals surface area contributed by atoms with E-state index in [-0.39, 0.29) is 24.6 Å². The van der Waals surface area contributed by atoms with Crippen molar-refractivity contribution in [3.63, 3.8) is 0 Å². The number of rotatable bonds is 7. The van der Waals surface area contributed by atoms with Gasteiger partial charge in [-0.1, -0.05) is 12.1 Å². The van der Waals surface area contributed by atoms with E-state index >= 15 is 0 Å². The van der Waals surface area contributed by atoms with Gasteiger partial charge in [-0.15, -0.1) is 0 Å². The van der Waals surface area contributed by atoms with Crippen molar-refractivity contribution in [1.29, 1.82) is 0 Å². The van der Waals surface area contributed by atoms with E-state index in [1.807, 2.05) is 25.1 Å². The smallest absolute Gasteiger partial charge is 0.306 e. The lowest BCUT2D eigenvalue weighted by molar-refractivity contribution is -0.140. The van der Waals surface area contributed by atoms with Crippen molar-refractivity contribution < 1.29 is 22.7 Å². The molecular weight excluding hydrogens is 332 g/mol. The van der Waals surface area contributed by atoms with Crippen LogP contribution in [0.15, 0.2) is 18.2 Å². The van der Waals surface area contributed by atoms with Crippen LogP contribution in [-0.4, -0.2) is 39.7 Å². The van der Waals surface area contributed by atoms with Crippen LogP contribution in [0.2, 0.25) is 0 Å². The van der Waals surface area contributed by atoms with Gasteiger partial charge >= 0.3 is 5.97 Å². The highest BCUT2D eigenvalue weighted by Crippen LogP contribution is 2.28. The minimum Gasteiger partial charge on any atom is -0.469 e. The Morgan fingerprint density at radius 1 is 1.33 bits per heavy atom.